The van der Waals surface area contributed by atoms with Crippen molar-refractivity contribution < 1.29 is 9.52 Å². The molecule has 0 radical (unpaired) electrons. The van der Waals surface area contributed by atoms with E-state index in [1.165, 1.54) is 0 Å². The van der Waals surface area contributed by atoms with E-state index in [0.29, 0.717) is 5.75 Å². The maximum absolute atomic E-state index is 10.3. The van der Waals surface area contributed by atoms with Crippen molar-refractivity contribution in [1.29, 1.82) is 0 Å². The van der Waals surface area contributed by atoms with E-state index in [1.54, 1.807) is 0 Å². The highest BCUT2D eigenvalue weighted by molar-refractivity contribution is 14.1. The lowest BCUT2D eigenvalue weighted by Gasteiger charge is -2.09. The molecule has 1 aromatic heterocycles. The van der Waals surface area contributed by atoms with Crippen LogP contribution in [0.4, 0.5) is 0 Å². The van der Waals surface area contributed by atoms with Gasteiger partial charge in [-0.2, -0.15) is 0 Å². The topological polar surface area (TPSA) is 33.4 Å². The first-order valence-corrected chi connectivity index (χ1v) is 9.47. The average molecular weight is 518 g/mol. The minimum atomic E-state index is 0.352. The molecule has 0 unspecified atom stereocenters. The second-order valence-electron chi connectivity index (χ2n) is 5.26. The number of aromatic hydroxyl groups is 1. The van der Waals surface area contributed by atoms with Gasteiger partial charge in [-0.3, -0.25) is 0 Å². The highest BCUT2D eigenvalue weighted by Crippen LogP contribution is 2.41. The number of unbranched alkanes of at least 4 members (excludes halogenated alkanes) is 1. The number of fused-ring (bicyclic) bond motifs is 1. The second-order valence-corrected chi connectivity index (χ2v) is 7.50. The molecule has 0 spiro atoms. The SMILES string of the molecule is CCCCc1oc2ccccc2c1-c1ccc(I)c(O)c1I. The van der Waals surface area contributed by atoms with Gasteiger partial charge in [0.05, 0.1) is 7.14 Å². The number of aryl methyl sites for hydroxylation is 1. The third-order valence-corrected chi connectivity index (χ3v) is 5.72. The summed E-state index contributed by atoms with van der Waals surface area (Å²) < 4.78 is 7.85. The first kappa shape index (κ1) is 16.1. The van der Waals surface area contributed by atoms with Crippen LogP contribution in [0.2, 0.25) is 0 Å². The van der Waals surface area contributed by atoms with Crippen LogP contribution >= 0.6 is 45.2 Å². The zero-order valence-electron chi connectivity index (χ0n) is 12.2. The van der Waals surface area contributed by atoms with Crippen LogP contribution in [0, 0.1) is 7.14 Å². The largest absolute Gasteiger partial charge is 0.506 e. The Kier molecular flexibility index (Phi) is 4.97. The standard InChI is InChI=1S/C18H16I2O2/c1-2-3-7-15-16(11-6-4-5-8-14(11)22-15)12-9-10-13(19)18(21)17(12)20/h4-6,8-10,21H,2-3,7H2,1H3. The Balaban J connectivity index is 2.26. The summed E-state index contributed by atoms with van der Waals surface area (Å²) in [5, 5.41) is 11.4. The minimum absolute atomic E-state index is 0.352. The van der Waals surface area contributed by atoms with Crippen molar-refractivity contribution in [2.45, 2.75) is 26.2 Å². The smallest absolute Gasteiger partial charge is 0.142 e. The molecule has 1 heterocycles. The molecule has 0 amide bonds. The van der Waals surface area contributed by atoms with Crippen molar-refractivity contribution >= 4 is 56.2 Å². The highest BCUT2D eigenvalue weighted by Gasteiger charge is 2.19. The molecule has 2 nitrogen and oxygen atoms in total. The van der Waals surface area contributed by atoms with Crippen LogP contribution in [-0.4, -0.2) is 5.11 Å². The Bertz CT molecular complexity index is 821. The molecule has 0 aliphatic heterocycles. The molecule has 22 heavy (non-hydrogen) atoms. The molecule has 0 saturated carbocycles. The summed E-state index contributed by atoms with van der Waals surface area (Å²) in [7, 11) is 0. The van der Waals surface area contributed by atoms with Crippen LogP contribution in [0.25, 0.3) is 22.1 Å². The lowest BCUT2D eigenvalue weighted by molar-refractivity contribution is 0.468. The van der Waals surface area contributed by atoms with Gasteiger partial charge in [0, 0.05) is 22.9 Å². The Labute approximate surface area is 157 Å². The molecule has 0 aliphatic rings. The summed E-state index contributed by atoms with van der Waals surface area (Å²) in [6.07, 6.45) is 3.15. The maximum atomic E-state index is 10.3. The van der Waals surface area contributed by atoms with Gasteiger partial charge in [-0.05, 0) is 63.7 Å². The lowest BCUT2D eigenvalue weighted by Crippen LogP contribution is -1.90. The van der Waals surface area contributed by atoms with Crippen molar-refractivity contribution in [2.75, 3.05) is 0 Å². The number of rotatable bonds is 4. The zero-order valence-corrected chi connectivity index (χ0v) is 16.5. The van der Waals surface area contributed by atoms with Gasteiger partial charge >= 0.3 is 0 Å². The number of benzene rings is 2. The molecule has 0 saturated heterocycles. The Morgan fingerprint density at radius 1 is 1.09 bits per heavy atom. The molecule has 3 rings (SSSR count). The number of para-hydroxylation sites is 1. The summed E-state index contributed by atoms with van der Waals surface area (Å²) in [6.45, 7) is 2.18. The first-order chi connectivity index (χ1) is 10.6. The zero-order chi connectivity index (χ0) is 15.7. The van der Waals surface area contributed by atoms with E-state index in [1.807, 2.05) is 24.3 Å². The van der Waals surface area contributed by atoms with Crippen LogP contribution in [-0.2, 0) is 6.42 Å². The number of hydrogen-bond acceptors (Lipinski definition) is 2. The average Bonchev–Trinajstić information content (AvgIpc) is 2.89. The minimum Gasteiger partial charge on any atom is -0.506 e. The summed E-state index contributed by atoms with van der Waals surface area (Å²) in [4.78, 5) is 0. The second kappa shape index (κ2) is 6.78. The predicted octanol–water partition coefficient (Wildman–Crippen LogP) is 6.36. The van der Waals surface area contributed by atoms with Crippen molar-refractivity contribution in [3.8, 4) is 16.9 Å². The summed E-state index contributed by atoms with van der Waals surface area (Å²) in [5.74, 6) is 1.37. The van der Waals surface area contributed by atoms with E-state index in [4.69, 9.17) is 4.42 Å². The van der Waals surface area contributed by atoms with Crippen molar-refractivity contribution in [2.24, 2.45) is 0 Å². The third kappa shape index (κ3) is 2.87. The van der Waals surface area contributed by atoms with Crippen LogP contribution in [0.15, 0.2) is 40.8 Å². The predicted molar refractivity (Wildman–Crippen MR) is 107 cm³/mol. The van der Waals surface area contributed by atoms with E-state index in [2.05, 4.69) is 64.2 Å². The summed E-state index contributed by atoms with van der Waals surface area (Å²) in [6, 6.07) is 12.2. The molecule has 0 bridgehead atoms. The Hall–Kier alpha value is -0.760. The molecular weight excluding hydrogens is 502 g/mol. The van der Waals surface area contributed by atoms with Gasteiger partial charge in [0.2, 0.25) is 0 Å². The Morgan fingerprint density at radius 2 is 1.86 bits per heavy atom. The van der Waals surface area contributed by atoms with E-state index in [0.717, 1.165) is 54.3 Å². The molecule has 3 aromatic rings. The van der Waals surface area contributed by atoms with Crippen molar-refractivity contribution in [1.82, 2.24) is 0 Å². The van der Waals surface area contributed by atoms with Gasteiger partial charge in [-0.15, -0.1) is 0 Å². The number of hydrogen-bond donors (Lipinski definition) is 1. The van der Waals surface area contributed by atoms with Crippen molar-refractivity contribution in [3.05, 3.63) is 49.3 Å². The van der Waals surface area contributed by atoms with Gasteiger partial charge in [0.15, 0.2) is 0 Å². The molecule has 114 valence electrons. The van der Waals surface area contributed by atoms with E-state index < -0.39 is 0 Å². The van der Waals surface area contributed by atoms with Crippen LogP contribution in [0.1, 0.15) is 25.5 Å². The third-order valence-electron chi connectivity index (χ3n) is 3.76. The fourth-order valence-corrected chi connectivity index (χ4v) is 4.34. The van der Waals surface area contributed by atoms with Crippen molar-refractivity contribution in [3.63, 3.8) is 0 Å². The fourth-order valence-electron chi connectivity index (χ4n) is 2.64. The van der Waals surface area contributed by atoms with Crippen LogP contribution in [0.5, 0.6) is 5.75 Å². The fraction of sp³-hybridized carbons (Fsp3) is 0.222. The van der Waals surface area contributed by atoms with Gasteiger partial charge in [-0.1, -0.05) is 37.6 Å². The highest BCUT2D eigenvalue weighted by atomic mass is 127. The number of halogens is 2. The molecule has 0 atom stereocenters. The maximum Gasteiger partial charge on any atom is 0.142 e. The molecule has 4 heteroatoms. The summed E-state index contributed by atoms with van der Waals surface area (Å²) >= 11 is 4.38. The first-order valence-electron chi connectivity index (χ1n) is 7.31. The Morgan fingerprint density at radius 3 is 2.64 bits per heavy atom. The monoisotopic (exact) mass is 518 g/mol. The van der Waals surface area contributed by atoms with E-state index in [-0.39, 0.29) is 0 Å². The van der Waals surface area contributed by atoms with Gasteiger partial charge in [0.25, 0.3) is 0 Å². The number of furan rings is 1. The van der Waals surface area contributed by atoms with Gasteiger partial charge < -0.3 is 9.52 Å². The molecular formula is C18H16I2O2. The van der Waals surface area contributed by atoms with E-state index >= 15 is 0 Å². The normalized spacial score (nSPS) is 11.2. The molecule has 2 aromatic carbocycles. The number of phenolic OH excluding ortho intramolecular Hbond substituents is 1. The molecule has 0 aliphatic carbocycles. The van der Waals surface area contributed by atoms with Crippen LogP contribution in [0.3, 0.4) is 0 Å². The summed E-state index contributed by atoms with van der Waals surface area (Å²) in [5.41, 5.74) is 3.09. The molecule has 0 fully saturated rings. The van der Waals surface area contributed by atoms with Gasteiger partial charge in [-0.25, -0.2) is 0 Å². The van der Waals surface area contributed by atoms with Gasteiger partial charge in [0.1, 0.15) is 17.1 Å². The van der Waals surface area contributed by atoms with E-state index in [9.17, 15) is 5.11 Å². The number of phenols is 1. The van der Waals surface area contributed by atoms with Crippen LogP contribution < -0.4 is 0 Å². The quantitative estimate of drug-likeness (QED) is 0.409. The lowest BCUT2D eigenvalue weighted by atomic mass is 9.99. The molecule has 1 N–H and O–H groups in total.